The Morgan fingerprint density at radius 1 is 1.38 bits per heavy atom. The molecule has 1 unspecified atom stereocenters. The van der Waals surface area contributed by atoms with Gasteiger partial charge in [0.1, 0.15) is 5.82 Å². The van der Waals surface area contributed by atoms with E-state index in [4.69, 9.17) is 0 Å². The summed E-state index contributed by atoms with van der Waals surface area (Å²) in [5.74, 6) is -0.0644. The van der Waals surface area contributed by atoms with Crippen LogP contribution in [0.3, 0.4) is 0 Å². The van der Waals surface area contributed by atoms with Crippen LogP contribution in [0.15, 0.2) is 24.3 Å². The summed E-state index contributed by atoms with van der Waals surface area (Å²) in [6, 6.07) is 7.10. The third kappa shape index (κ3) is 2.69. The number of hydrogen-bond acceptors (Lipinski definition) is 2. The second-order valence-electron chi connectivity index (χ2n) is 6.43. The van der Waals surface area contributed by atoms with Crippen molar-refractivity contribution in [1.29, 1.82) is 0 Å². The molecule has 1 aromatic rings. The molecular weight excluding hydrogens is 267 g/mol. The molecule has 2 aliphatic rings. The number of hydrogen-bond donors (Lipinski definition) is 1. The zero-order valence-corrected chi connectivity index (χ0v) is 12.6. The number of amides is 1. The molecule has 21 heavy (non-hydrogen) atoms. The van der Waals surface area contributed by atoms with Crippen LogP contribution in [-0.2, 0) is 11.3 Å². The summed E-state index contributed by atoms with van der Waals surface area (Å²) in [6.45, 7) is 3.55. The number of carbonyl (C=O) groups excluding carboxylic acids is 1. The number of rotatable bonds is 2. The number of carbonyl (C=O) groups is 1. The van der Waals surface area contributed by atoms with Gasteiger partial charge in [-0.15, -0.1) is 0 Å². The maximum Gasteiger partial charge on any atom is 0.223 e. The summed E-state index contributed by atoms with van der Waals surface area (Å²) in [6.07, 6.45) is 4.57. The molecule has 3 rings (SSSR count). The van der Waals surface area contributed by atoms with Crippen molar-refractivity contribution in [2.24, 2.45) is 0 Å². The topological polar surface area (TPSA) is 32.3 Å². The number of piperidine rings is 1. The van der Waals surface area contributed by atoms with E-state index in [0.717, 1.165) is 32.2 Å². The first kappa shape index (κ1) is 14.5. The minimum atomic E-state index is -0.224. The van der Waals surface area contributed by atoms with E-state index >= 15 is 0 Å². The fourth-order valence-corrected chi connectivity index (χ4v) is 3.80. The zero-order chi connectivity index (χ0) is 14.9. The molecule has 114 valence electrons. The van der Waals surface area contributed by atoms with Crippen molar-refractivity contribution in [3.63, 3.8) is 0 Å². The summed E-state index contributed by atoms with van der Waals surface area (Å²) >= 11 is 0. The zero-order valence-electron chi connectivity index (χ0n) is 12.6. The maximum atomic E-state index is 14.0. The fourth-order valence-electron chi connectivity index (χ4n) is 3.80. The molecule has 3 nitrogen and oxygen atoms in total. The van der Waals surface area contributed by atoms with Crippen molar-refractivity contribution >= 4 is 5.91 Å². The molecule has 0 aliphatic carbocycles. The first-order valence-corrected chi connectivity index (χ1v) is 7.88. The van der Waals surface area contributed by atoms with Crippen molar-refractivity contribution in [1.82, 2.24) is 10.2 Å². The predicted octanol–water partition coefficient (Wildman–Crippen LogP) is 2.85. The van der Waals surface area contributed by atoms with Crippen molar-refractivity contribution in [2.75, 3.05) is 6.54 Å². The van der Waals surface area contributed by atoms with Gasteiger partial charge in [0.05, 0.1) is 5.54 Å². The minimum absolute atomic E-state index is 0.159. The van der Waals surface area contributed by atoms with Gasteiger partial charge in [-0.3, -0.25) is 4.79 Å². The molecule has 1 aromatic carbocycles. The molecule has 2 heterocycles. The van der Waals surface area contributed by atoms with E-state index in [-0.39, 0.29) is 17.3 Å². The molecule has 0 spiro atoms. The smallest absolute Gasteiger partial charge is 0.223 e. The normalized spacial score (nSPS) is 29.9. The van der Waals surface area contributed by atoms with Gasteiger partial charge >= 0.3 is 0 Å². The second-order valence-corrected chi connectivity index (χ2v) is 6.43. The fraction of sp³-hybridized carbons (Fsp3) is 0.588. The van der Waals surface area contributed by atoms with Crippen LogP contribution in [0.4, 0.5) is 4.39 Å². The van der Waals surface area contributed by atoms with Gasteiger partial charge in [-0.2, -0.15) is 0 Å². The van der Waals surface area contributed by atoms with E-state index in [1.165, 1.54) is 6.07 Å². The molecule has 0 bridgehead atoms. The van der Waals surface area contributed by atoms with E-state index in [0.29, 0.717) is 24.6 Å². The molecule has 2 atom stereocenters. The Kier molecular flexibility index (Phi) is 3.98. The molecule has 1 N–H and O–H groups in total. The predicted molar refractivity (Wildman–Crippen MR) is 80.2 cm³/mol. The Morgan fingerprint density at radius 3 is 3.00 bits per heavy atom. The number of halogens is 1. The summed E-state index contributed by atoms with van der Waals surface area (Å²) in [5.41, 5.74) is 0.409. The van der Waals surface area contributed by atoms with Crippen LogP contribution < -0.4 is 5.32 Å². The van der Waals surface area contributed by atoms with Gasteiger partial charge < -0.3 is 10.2 Å². The van der Waals surface area contributed by atoms with Crippen molar-refractivity contribution in [2.45, 2.75) is 57.2 Å². The van der Waals surface area contributed by atoms with Gasteiger partial charge in [0.15, 0.2) is 0 Å². The third-order valence-electron chi connectivity index (χ3n) is 5.09. The largest absolute Gasteiger partial charge is 0.331 e. The van der Waals surface area contributed by atoms with Crippen molar-refractivity contribution in [3.05, 3.63) is 35.6 Å². The Labute approximate surface area is 125 Å². The maximum absolute atomic E-state index is 14.0. The van der Waals surface area contributed by atoms with Crippen molar-refractivity contribution in [3.8, 4) is 0 Å². The van der Waals surface area contributed by atoms with Crippen LogP contribution in [0.25, 0.3) is 0 Å². The number of nitrogens with one attached hydrogen (secondary N) is 1. The highest BCUT2D eigenvalue weighted by atomic mass is 19.1. The third-order valence-corrected chi connectivity index (χ3v) is 5.09. The molecule has 2 fully saturated rings. The standard InChI is InChI=1S/C17H23FN2O/c1-17-10-5-11-19-15(17)8-4-9-16(21)20(17)12-13-6-2-3-7-14(13)18/h2-3,6-7,15,19H,4-5,8-12H2,1H3/t15?,17-/m0/s1. The highest BCUT2D eigenvalue weighted by Gasteiger charge is 2.45. The van der Waals surface area contributed by atoms with E-state index in [9.17, 15) is 9.18 Å². The average molecular weight is 290 g/mol. The Balaban J connectivity index is 1.92. The first-order chi connectivity index (χ1) is 10.1. The highest BCUT2D eigenvalue weighted by molar-refractivity contribution is 5.77. The quantitative estimate of drug-likeness (QED) is 0.908. The van der Waals surface area contributed by atoms with Gasteiger partial charge in [-0.05, 0) is 45.2 Å². The molecule has 2 aliphatic heterocycles. The Morgan fingerprint density at radius 2 is 2.19 bits per heavy atom. The summed E-state index contributed by atoms with van der Waals surface area (Å²) in [7, 11) is 0. The van der Waals surface area contributed by atoms with E-state index in [1.54, 1.807) is 12.1 Å². The molecule has 0 saturated carbocycles. The lowest BCUT2D eigenvalue weighted by Crippen LogP contribution is -2.62. The number of benzene rings is 1. The summed E-state index contributed by atoms with van der Waals surface area (Å²) < 4.78 is 14.0. The number of nitrogens with zero attached hydrogens (tertiary/aromatic N) is 1. The molecule has 1 amide bonds. The molecule has 0 aromatic heterocycles. The minimum Gasteiger partial charge on any atom is -0.331 e. The molecular formula is C17H23FN2O. The molecule has 4 heteroatoms. The summed E-state index contributed by atoms with van der Waals surface area (Å²) in [5, 5.41) is 3.56. The SMILES string of the molecule is C[C@]12CCCNC1CCCC(=O)N2Cc1ccccc1F. The van der Waals surface area contributed by atoms with E-state index in [1.807, 2.05) is 11.0 Å². The van der Waals surface area contributed by atoms with Crippen molar-refractivity contribution < 1.29 is 9.18 Å². The lowest BCUT2D eigenvalue weighted by molar-refractivity contribution is -0.139. The summed E-state index contributed by atoms with van der Waals surface area (Å²) in [4.78, 5) is 14.5. The second kappa shape index (κ2) is 5.76. The van der Waals surface area contributed by atoms with Crippen LogP contribution >= 0.6 is 0 Å². The van der Waals surface area contributed by atoms with Crippen LogP contribution in [-0.4, -0.2) is 28.9 Å². The van der Waals surface area contributed by atoms with Gasteiger partial charge in [0, 0.05) is 24.6 Å². The van der Waals surface area contributed by atoms with Crippen LogP contribution in [0, 0.1) is 5.82 Å². The Hall–Kier alpha value is -1.42. The Bertz CT molecular complexity index is 533. The first-order valence-electron chi connectivity index (χ1n) is 7.88. The van der Waals surface area contributed by atoms with Gasteiger partial charge in [-0.1, -0.05) is 18.2 Å². The number of fused-ring (bicyclic) bond motifs is 1. The average Bonchev–Trinajstić information content (AvgIpc) is 2.59. The van der Waals surface area contributed by atoms with Gasteiger partial charge in [0.2, 0.25) is 5.91 Å². The number of likely N-dealkylation sites (tertiary alicyclic amines) is 1. The van der Waals surface area contributed by atoms with Crippen LogP contribution in [0.5, 0.6) is 0 Å². The lowest BCUT2D eigenvalue weighted by atomic mass is 9.81. The van der Waals surface area contributed by atoms with Gasteiger partial charge in [-0.25, -0.2) is 4.39 Å². The van der Waals surface area contributed by atoms with Crippen LogP contribution in [0.1, 0.15) is 44.6 Å². The monoisotopic (exact) mass is 290 g/mol. The molecule has 2 saturated heterocycles. The molecule has 0 radical (unpaired) electrons. The van der Waals surface area contributed by atoms with E-state index < -0.39 is 0 Å². The lowest BCUT2D eigenvalue weighted by Gasteiger charge is -2.48. The van der Waals surface area contributed by atoms with E-state index in [2.05, 4.69) is 12.2 Å². The highest BCUT2D eigenvalue weighted by Crippen LogP contribution is 2.35. The van der Waals surface area contributed by atoms with Gasteiger partial charge in [0.25, 0.3) is 0 Å². The van der Waals surface area contributed by atoms with Crippen LogP contribution in [0.2, 0.25) is 0 Å².